The Balaban J connectivity index is 0.00000302. The summed E-state index contributed by atoms with van der Waals surface area (Å²) < 4.78 is 0. The predicted octanol–water partition coefficient (Wildman–Crippen LogP) is 7.63. The van der Waals surface area contributed by atoms with E-state index in [0.717, 1.165) is 23.1 Å². The molecule has 0 N–H and O–H groups in total. The molecule has 3 aromatic carbocycles. The number of hydrogen-bond acceptors (Lipinski definition) is 5. The quantitative estimate of drug-likeness (QED) is 0.170. The summed E-state index contributed by atoms with van der Waals surface area (Å²) in [6, 6.07) is 37.5. The third-order valence-corrected chi connectivity index (χ3v) is 7.85. The average Bonchev–Trinajstić information content (AvgIpc) is 3.30. The van der Waals surface area contributed by atoms with Gasteiger partial charge in [-0.1, -0.05) is 66.9 Å². The summed E-state index contributed by atoms with van der Waals surface area (Å²) in [5.41, 5.74) is 9.49. The zero-order valence-corrected chi connectivity index (χ0v) is 26.9. The molecule has 0 saturated heterocycles. The summed E-state index contributed by atoms with van der Waals surface area (Å²) in [4.78, 5) is 23.1. The van der Waals surface area contributed by atoms with Crippen LogP contribution in [0.5, 0.6) is 0 Å². The summed E-state index contributed by atoms with van der Waals surface area (Å²) in [6.45, 7) is 4.60. The van der Waals surface area contributed by atoms with E-state index in [9.17, 15) is 0 Å². The van der Waals surface area contributed by atoms with Crippen LogP contribution in [0, 0.1) is 43.2 Å². The number of rotatable bonds is 5. The summed E-state index contributed by atoms with van der Waals surface area (Å²) in [7, 11) is 0. The van der Waals surface area contributed by atoms with Gasteiger partial charge in [0.25, 0.3) is 0 Å². The minimum absolute atomic E-state index is 0. The monoisotopic (exact) mass is 753 g/mol. The summed E-state index contributed by atoms with van der Waals surface area (Å²) in [5.74, 6) is 1.55. The van der Waals surface area contributed by atoms with E-state index in [1.165, 1.54) is 22.3 Å². The van der Waals surface area contributed by atoms with Crippen LogP contribution in [0.2, 0.25) is 0 Å². The van der Waals surface area contributed by atoms with Crippen LogP contribution in [-0.2, 0) is 5.41 Å². The smallest absolute Gasteiger partial charge is 0.253 e. The van der Waals surface area contributed by atoms with E-state index in [0.29, 0.717) is 28.9 Å². The molecule has 0 saturated carbocycles. The van der Waals surface area contributed by atoms with Gasteiger partial charge in [-0.25, -0.2) is 26.1 Å². The molecule has 0 radical (unpaired) electrons. The SMILES string of the molecule is CCC1(C)c2ccccc2-c2c[c-]c(-c3[c-]cc(-c4nc(-c5ccccn5)nc(-c5ccccn5)n4)cc3)cc21.[U+2]. The van der Waals surface area contributed by atoms with Crippen LogP contribution in [0.25, 0.3) is 56.7 Å². The number of pyridine rings is 2. The molecule has 41 heavy (non-hydrogen) atoms. The first-order valence-corrected chi connectivity index (χ1v) is 13.4. The summed E-state index contributed by atoms with van der Waals surface area (Å²) >= 11 is 0. The summed E-state index contributed by atoms with van der Waals surface area (Å²) in [5, 5.41) is 0. The Morgan fingerprint density at radius 2 is 1.27 bits per heavy atom. The zero-order chi connectivity index (χ0) is 27.1. The van der Waals surface area contributed by atoms with Gasteiger partial charge in [0.2, 0.25) is 0 Å². The molecule has 7 rings (SSSR count). The van der Waals surface area contributed by atoms with E-state index < -0.39 is 0 Å². The van der Waals surface area contributed by atoms with Crippen LogP contribution in [0.15, 0.2) is 103 Å². The fourth-order valence-corrected chi connectivity index (χ4v) is 5.51. The Bertz CT molecular complexity index is 1780. The standard InChI is InChI=1S/C35H25N5.U/c1-3-35(2)28-11-5-4-10-26(28)27-19-18-25(22-29(27)35)23-14-16-24(17-15-23)32-38-33(30-12-6-8-20-36-30)40-34(39-32)31-13-7-9-21-37-31;/h4-14,16-17,19-22H,3H2,1-2H3;/q-2;+2. The van der Waals surface area contributed by atoms with Gasteiger partial charge in [-0.3, -0.25) is 9.97 Å². The van der Waals surface area contributed by atoms with Crippen LogP contribution in [0.4, 0.5) is 0 Å². The van der Waals surface area contributed by atoms with Crippen molar-refractivity contribution < 1.29 is 31.1 Å². The molecule has 6 aromatic rings. The maximum Gasteiger partial charge on any atom is 2.00 e. The van der Waals surface area contributed by atoms with Crippen LogP contribution < -0.4 is 0 Å². The van der Waals surface area contributed by atoms with E-state index in [2.05, 4.69) is 83.4 Å². The number of nitrogens with zero attached hydrogens (tertiary/aromatic N) is 5. The van der Waals surface area contributed by atoms with Gasteiger partial charge in [0.1, 0.15) is 17.2 Å². The first-order valence-electron chi connectivity index (χ1n) is 13.4. The van der Waals surface area contributed by atoms with Gasteiger partial charge >= 0.3 is 31.1 Å². The molecule has 0 aliphatic heterocycles. The molecule has 3 aromatic heterocycles. The molecule has 0 bridgehead atoms. The third-order valence-electron chi connectivity index (χ3n) is 7.85. The van der Waals surface area contributed by atoms with Gasteiger partial charge in [0.05, 0.1) is 0 Å². The molecule has 1 atom stereocenters. The molecular formula is C35H25N5U. The van der Waals surface area contributed by atoms with Gasteiger partial charge in [0, 0.05) is 12.4 Å². The summed E-state index contributed by atoms with van der Waals surface area (Å²) in [6.07, 6.45) is 4.49. The second-order valence-electron chi connectivity index (χ2n) is 10.1. The van der Waals surface area contributed by atoms with E-state index in [1.54, 1.807) is 12.4 Å². The van der Waals surface area contributed by atoms with Gasteiger partial charge in [0.15, 0.2) is 11.6 Å². The van der Waals surface area contributed by atoms with Crippen LogP contribution >= 0.6 is 0 Å². The molecule has 194 valence electrons. The fourth-order valence-electron chi connectivity index (χ4n) is 5.51. The van der Waals surface area contributed by atoms with Gasteiger partial charge in [-0.05, 0) is 41.7 Å². The number of aromatic nitrogens is 5. The maximum atomic E-state index is 4.76. The molecular weight excluding hydrogens is 728 g/mol. The molecule has 1 unspecified atom stereocenters. The Morgan fingerprint density at radius 1 is 0.634 bits per heavy atom. The maximum absolute atomic E-state index is 4.76. The van der Waals surface area contributed by atoms with E-state index >= 15 is 0 Å². The minimum Gasteiger partial charge on any atom is -0.253 e. The molecule has 6 heteroatoms. The predicted molar refractivity (Wildman–Crippen MR) is 157 cm³/mol. The van der Waals surface area contributed by atoms with Crippen molar-refractivity contribution in [1.82, 2.24) is 24.9 Å². The van der Waals surface area contributed by atoms with Crippen molar-refractivity contribution in [2.24, 2.45) is 0 Å². The molecule has 1 aliphatic carbocycles. The number of fused-ring (bicyclic) bond motifs is 3. The van der Waals surface area contributed by atoms with Crippen molar-refractivity contribution in [1.29, 1.82) is 0 Å². The van der Waals surface area contributed by atoms with Crippen molar-refractivity contribution in [3.05, 3.63) is 127 Å². The topological polar surface area (TPSA) is 64.5 Å². The Hall–Kier alpha value is -3.98. The normalized spacial score (nSPS) is 15.1. The first-order chi connectivity index (χ1) is 19.6. The van der Waals surface area contributed by atoms with E-state index in [1.807, 2.05) is 48.5 Å². The number of hydrogen-bond donors (Lipinski definition) is 0. The van der Waals surface area contributed by atoms with Crippen molar-refractivity contribution in [3.63, 3.8) is 0 Å². The second kappa shape index (κ2) is 11.1. The van der Waals surface area contributed by atoms with Gasteiger partial charge in [-0.15, -0.1) is 23.8 Å². The molecule has 0 fully saturated rings. The average molecular weight is 754 g/mol. The Labute approximate surface area is 263 Å². The zero-order valence-electron chi connectivity index (χ0n) is 22.8. The second-order valence-corrected chi connectivity index (χ2v) is 10.1. The van der Waals surface area contributed by atoms with Gasteiger partial charge in [-0.2, -0.15) is 24.3 Å². The van der Waals surface area contributed by atoms with Gasteiger partial charge < -0.3 is 0 Å². The van der Waals surface area contributed by atoms with Crippen LogP contribution in [0.1, 0.15) is 31.4 Å². The first kappa shape index (κ1) is 27.2. The molecule has 3 heterocycles. The van der Waals surface area contributed by atoms with E-state index in [-0.39, 0.29) is 36.5 Å². The molecule has 0 spiro atoms. The molecule has 0 amide bonds. The van der Waals surface area contributed by atoms with Crippen molar-refractivity contribution >= 4 is 0 Å². The third kappa shape index (κ3) is 4.82. The molecule has 1 aliphatic rings. The molecule has 5 nitrogen and oxygen atoms in total. The Morgan fingerprint density at radius 3 is 1.88 bits per heavy atom. The van der Waals surface area contributed by atoms with Crippen molar-refractivity contribution in [3.8, 4) is 56.7 Å². The van der Waals surface area contributed by atoms with Crippen molar-refractivity contribution in [2.75, 3.05) is 0 Å². The largest absolute Gasteiger partial charge is 2.00 e. The van der Waals surface area contributed by atoms with Crippen molar-refractivity contribution in [2.45, 2.75) is 25.7 Å². The Kier molecular flexibility index (Phi) is 7.38. The van der Waals surface area contributed by atoms with Crippen LogP contribution in [-0.4, -0.2) is 24.9 Å². The fraction of sp³-hybridized carbons (Fsp3) is 0.114. The number of benzene rings is 3. The van der Waals surface area contributed by atoms with E-state index in [4.69, 9.17) is 9.97 Å². The minimum atomic E-state index is -0.0235. The van der Waals surface area contributed by atoms with Crippen LogP contribution in [0.3, 0.4) is 0 Å².